The Kier molecular flexibility index (Phi) is 2.49. The van der Waals surface area contributed by atoms with E-state index in [1.54, 1.807) is 0 Å². The quantitative estimate of drug-likeness (QED) is 0.796. The predicted molar refractivity (Wildman–Crippen MR) is 78.0 cm³/mol. The van der Waals surface area contributed by atoms with E-state index in [1.165, 1.54) is 22.8 Å². The van der Waals surface area contributed by atoms with Crippen LogP contribution in [0.5, 0.6) is 0 Å². The largest absolute Gasteiger partial charge is 0.311 e. The van der Waals surface area contributed by atoms with Crippen molar-refractivity contribution in [2.45, 2.75) is 38.1 Å². The van der Waals surface area contributed by atoms with Gasteiger partial charge < -0.3 is 5.32 Å². The van der Waals surface area contributed by atoms with E-state index in [4.69, 9.17) is 0 Å². The second-order valence-corrected chi connectivity index (χ2v) is 6.16. The normalized spacial score (nSPS) is 26.6. The maximum absolute atomic E-state index is 3.65. The van der Waals surface area contributed by atoms with Crippen molar-refractivity contribution in [3.05, 3.63) is 48.0 Å². The van der Waals surface area contributed by atoms with E-state index in [2.05, 4.69) is 68.6 Å². The Bertz CT molecular complexity index is 580. The zero-order chi connectivity index (χ0) is 12.8. The van der Waals surface area contributed by atoms with Crippen molar-refractivity contribution in [3.8, 4) is 0 Å². The second-order valence-electron chi connectivity index (χ2n) is 6.16. The molecular weight excluding hydrogens is 218 g/mol. The van der Waals surface area contributed by atoms with Crippen LogP contribution in [0.4, 0.5) is 0 Å². The number of fused-ring (bicyclic) bond motifs is 1. The van der Waals surface area contributed by atoms with E-state index in [0.29, 0.717) is 0 Å². The van der Waals surface area contributed by atoms with Gasteiger partial charge in [0, 0.05) is 11.0 Å². The van der Waals surface area contributed by atoms with Gasteiger partial charge in [0.15, 0.2) is 0 Å². The Morgan fingerprint density at radius 2 is 1.67 bits per heavy atom. The van der Waals surface area contributed by atoms with Crippen LogP contribution in [-0.4, -0.2) is 12.1 Å². The Labute approximate surface area is 109 Å². The third kappa shape index (κ3) is 1.50. The van der Waals surface area contributed by atoms with Crippen molar-refractivity contribution < 1.29 is 0 Å². The molecule has 0 amide bonds. The summed E-state index contributed by atoms with van der Waals surface area (Å²) >= 11 is 0. The van der Waals surface area contributed by atoms with E-state index in [1.807, 2.05) is 0 Å². The van der Waals surface area contributed by atoms with Crippen molar-refractivity contribution in [2.75, 3.05) is 6.54 Å². The lowest BCUT2D eigenvalue weighted by Crippen LogP contribution is -2.47. The molecule has 1 aliphatic rings. The lowest BCUT2D eigenvalue weighted by Gasteiger charge is -2.39. The molecule has 0 saturated carbocycles. The van der Waals surface area contributed by atoms with Crippen LogP contribution < -0.4 is 5.32 Å². The predicted octanol–water partition coefficient (Wildman–Crippen LogP) is 3.87. The third-order valence-corrected chi connectivity index (χ3v) is 4.96. The first kappa shape index (κ1) is 11.7. The van der Waals surface area contributed by atoms with Crippen LogP contribution in [0.25, 0.3) is 10.8 Å². The average molecular weight is 239 g/mol. The second kappa shape index (κ2) is 3.83. The van der Waals surface area contributed by atoms with Gasteiger partial charge in [-0.3, -0.25) is 0 Å². The maximum Gasteiger partial charge on any atom is 0.0219 e. The standard InChI is InChI=1S/C17H21N/c1-16(2)17(3,11-12-18-16)15-10-6-8-13-7-4-5-9-14(13)15/h4-10,18H,11-12H2,1-3H3. The van der Waals surface area contributed by atoms with Gasteiger partial charge in [0.1, 0.15) is 0 Å². The first-order chi connectivity index (χ1) is 8.55. The molecule has 18 heavy (non-hydrogen) atoms. The summed E-state index contributed by atoms with van der Waals surface area (Å²) in [6, 6.07) is 15.4. The number of benzene rings is 2. The number of nitrogens with one attached hydrogen (secondary N) is 1. The first-order valence-electron chi connectivity index (χ1n) is 6.78. The third-order valence-electron chi connectivity index (χ3n) is 4.96. The fourth-order valence-corrected chi connectivity index (χ4v) is 3.31. The highest BCUT2D eigenvalue weighted by molar-refractivity contribution is 5.86. The highest BCUT2D eigenvalue weighted by Crippen LogP contribution is 2.44. The summed E-state index contributed by atoms with van der Waals surface area (Å²) in [7, 11) is 0. The zero-order valence-electron chi connectivity index (χ0n) is 11.5. The highest BCUT2D eigenvalue weighted by atomic mass is 15.0. The highest BCUT2D eigenvalue weighted by Gasteiger charge is 2.46. The maximum atomic E-state index is 3.65. The molecule has 1 heterocycles. The van der Waals surface area contributed by atoms with Crippen molar-refractivity contribution >= 4 is 10.8 Å². The van der Waals surface area contributed by atoms with Crippen LogP contribution in [0.15, 0.2) is 42.5 Å². The summed E-state index contributed by atoms with van der Waals surface area (Å²) in [5, 5.41) is 6.40. The van der Waals surface area contributed by atoms with Gasteiger partial charge in [0.25, 0.3) is 0 Å². The van der Waals surface area contributed by atoms with Crippen molar-refractivity contribution in [2.24, 2.45) is 0 Å². The Morgan fingerprint density at radius 1 is 0.944 bits per heavy atom. The summed E-state index contributed by atoms with van der Waals surface area (Å²) < 4.78 is 0. The Balaban J connectivity index is 2.26. The van der Waals surface area contributed by atoms with Gasteiger partial charge in [-0.1, -0.05) is 49.4 Å². The van der Waals surface area contributed by atoms with Crippen LogP contribution in [0.2, 0.25) is 0 Å². The van der Waals surface area contributed by atoms with Gasteiger partial charge in [-0.15, -0.1) is 0 Å². The Hall–Kier alpha value is -1.34. The fraction of sp³-hybridized carbons (Fsp3) is 0.412. The molecule has 0 aliphatic carbocycles. The molecule has 2 aromatic rings. The summed E-state index contributed by atoms with van der Waals surface area (Å²) in [6.07, 6.45) is 1.20. The van der Waals surface area contributed by atoms with E-state index < -0.39 is 0 Å². The molecular formula is C17H21N. The summed E-state index contributed by atoms with van der Waals surface area (Å²) in [6.45, 7) is 8.14. The van der Waals surface area contributed by atoms with E-state index in [0.717, 1.165) is 6.54 Å². The molecule has 2 aromatic carbocycles. The molecule has 1 atom stereocenters. The van der Waals surface area contributed by atoms with E-state index in [9.17, 15) is 0 Å². The average Bonchev–Trinajstić information content (AvgIpc) is 2.64. The van der Waals surface area contributed by atoms with Gasteiger partial charge in [0.05, 0.1) is 0 Å². The lowest BCUT2D eigenvalue weighted by molar-refractivity contribution is 0.299. The molecule has 0 bridgehead atoms. The van der Waals surface area contributed by atoms with Gasteiger partial charge >= 0.3 is 0 Å². The molecule has 1 N–H and O–H groups in total. The van der Waals surface area contributed by atoms with Crippen LogP contribution in [0.1, 0.15) is 32.8 Å². The van der Waals surface area contributed by atoms with Crippen molar-refractivity contribution in [3.63, 3.8) is 0 Å². The Morgan fingerprint density at radius 3 is 2.39 bits per heavy atom. The molecule has 1 heteroatoms. The fourth-order valence-electron chi connectivity index (χ4n) is 3.31. The molecule has 0 spiro atoms. The van der Waals surface area contributed by atoms with Crippen LogP contribution in [-0.2, 0) is 5.41 Å². The molecule has 94 valence electrons. The summed E-state index contributed by atoms with van der Waals surface area (Å²) in [4.78, 5) is 0. The molecule has 1 unspecified atom stereocenters. The minimum Gasteiger partial charge on any atom is -0.311 e. The minimum absolute atomic E-state index is 0.150. The number of rotatable bonds is 1. The monoisotopic (exact) mass is 239 g/mol. The van der Waals surface area contributed by atoms with E-state index in [-0.39, 0.29) is 11.0 Å². The van der Waals surface area contributed by atoms with Crippen molar-refractivity contribution in [1.82, 2.24) is 5.32 Å². The molecule has 0 radical (unpaired) electrons. The minimum atomic E-state index is 0.150. The van der Waals surface area contributed by atoms with Gasteiger partial charge in [-0.25, -0.2) is 0 Å². The molecule has 1 nitrogen and oxygen atoms in total. The van der Waals surface area contributed by atoms with Crippen LogP contribution >= 0.6 is 0 Å². The van der Waals surface area contributed by atoms with Gasteiger partial charge in [-0.05, 0) is 43.1 Å². The molecule has 0 aromatic heterocycles. The molecule has 1 fully saturated rings. The lowest BCUT2D eigenvalue weighted by atomic mass is 9.68. The van der Waals surface area contributed by atoms with Crippen LogP contribution in [0, 0.1) is 0 Å². The van der Waals surface area contributed by atoms with E-state index >= 15 is 0 Å². The first-order valence-corrected chi connectivity index (χ1v) is 6.78. The number of hydrogen-bond acceptors (Lipinski definition) is 1. The summed E-state index contributed by atoms with van der Waals surface area (Å²) in [5.41, 5.74) is 1.83. The van der Waals surface area contributed by atoms with Gasteiger partial charge in [0.2, 0.25) is 0 Å². The zero-order valence-corrected chi connectivity index (χ0v) is 11.5. The number of hydrogen-bond donors (Lipinski definition) is 1. The molecule has 1 aliphatic heterocycles. The summed E-state index contributed by atoms with van der Waals surface area (Å²) in [5.74, 6) is 0. The topological polar surface area (TPSA) is 12.0 Å². The SMILES string of the molecule is CC1(C)NCCC1(C)c1cccc2ccccc12. The molecule has 1 saturated heterocycles. The van der Waals surface area contributed by atoms with Crippen molar-refractivity contribution in [1.29, 1.82) is 0 Å². The molecule has 3 rings (SSSR count). The smallest absolute Gasteiger partial charge is 0.0219 e. The van der Waals surface area contributed by atoms with Gasteiger partial charge in [-0.2, -0.15) is 0 Å². The van der Waals surface area contributed by atoms with Crippen LogP contribution in [0.3, 0.4) is 0 Å².